The molecule has 2 aromatic carbocycles. The van der Waals surface area contributed by atoms with Gasteiger partial charge in [-0.3, -0.25) is 9.59 Å². The molecule has 2 amide bonds. The highest BCUT2D eigenvalue weighted by Gasteiger charge is 2.34. The molecule has 0 spiro atoms. The molecule has 5 rings (SSSR count). The maximum absolute atomic E-state index is 12.7. The molecule has 3 heterocycles. The highest BCUT2D eigenvalue weighted by molar-refractivity contribution is 6.06. The van der Waals surface area contributed by atoms with Crippen molar-refractivity contribution in [2.75, 3.05) is 5.32 Å². The Labute approximate surface area is 192 Å². The van der Waals surface area contributed by atoms with Gasteiger partial charge in [-0.1, -0.05) is 6.07 Å². The van der Waals surface area contributed by atoms with Crippen LogP contribution in [0.5, 0.6) is 0 Å². The second-order valence-corrected chi connectivity index (χ2v) is 7.95. The van der Waals surface area contributed by atoms with Crippen LogP contribution in [0, 0.1) is 0 Å². The lowest BCUT2D eigenvalue weighted by atomic mass is 9.99. The van der Waals surface area contributed by atoms with Gasteiger partial charge < -0.3 is 20.9 Å². The van der Waals surface area contributed by atoms with Crippen molar-refractivity contribution in [2.24, 2.45) is 0 Å². The molecule has 2 aliphatic heterocycles. The van der Waals surface area contributed by atoms with E-state index in [0.29, 0.717) is 28.9 Å². The fraction of sp³-hybridized carbons (Fsp3) is 0.318. The Morgan fingerprint density at radius 3 is 2.45 bits per heavy atom. The molecule has 2 fully saturated rings. The lowest BCUT2D eigenvalue weighted by Gasteiger charge is -2.29. The number of benzene rings is 2. The van der Waals surface area contributed by atoms with Crippen molar-refractivity contribution < 1.29 is 9.59 Å². The van der Waals surface area contributed by atoms with E-state index in [1.807, 2.05) is 0 Å². The molecular weight excluding hydrogens is 437 g/mol. The summed E-state index contributed by atoms with van der Waals surface area (Å²) in [5, 5.41) is 9.62. The van der Waals surface area contributed by atoms with Gasteiger partial charge in [0.2, 0.25) is 0 Å². The monoisotopic (exact) mass is 461 g/mol. The Kier molecular flexibility index (Phi) is 7.20. The summed E-state index contributed by atoms with van der Waals surface area (Å²) in [6, 6.07) is 13.6. The number of imidazole rings is 1. The molecule has 2 aliphatic rings. The number of hydrogen-bond donors (Lipinski definition) is 4. The predicted octanol–water partition coefficient (Wildman–Crippen LogP) is 3.67. The minimum absolute atomic E-state index is 0. The summed E-state index contributed by atoms with van der Waals surface area (Å²) in [5.41, 5.74) is 3.30. The minimum atomic E-state index is -0.228. The van der Waals surface area contributed by atoms with Crippen molar-refractivity contribution in [1.82, 2.24) is 20.6 Å². The molecule has 2 atom stereocenters. The highest BCUT2D eigenvalue weighted by Crippen LogP contribution is 2.27. The van der Waals surface area contributed by atoms with Gasteiger partial charge in [0.05, 0.1) is 17.4 Å². The summed E-state index contributed by atoms with van der Waals surface area (Å²) in [4.78, 5) is 32.5. The number of rotatable bonds is 4. The van der Waals surface area contributed by atoms with Gasteiger partial charge in [0, 0.05) is 34.9 Å². The van der Waals surface area contributed by atoms with Gasteiger partial charge >= 0.3 is 0 Å². The first-order chi connectivity index (χ1) is 14.1. The third-order valence-corrected chi connectivity index (χ3v) is 5.87. The maximum atomic E-state index is 12.7. The first kappa shape index (κ1) is 23.1. The van der Waals surface area contributed by atoms with Crippen LogP contribution in [0.25, 0.3) is 11.0 Å². The van der Waals surface area contributed by atoms with E-state index in [-0.39, 0.29) is 42.7 Å². The molecule has 1 aromatic heterocycles. The van der Waals surface area contributed by atoms with E-state index in [0.717, 1.165) is 23.9 Å². The molecule has 0 saturated carbocycles. The van der Waals surface area contributed by atoms with Crippen molar-refractivity contribution >= 4 is 53.3 Å². The number of halogens is 2. The summed E-state index contributed by atoms with van der Waals surface area (Å²) in [6.07, 6.45) is 5.96. The summed E-state index contributed by atoms with van der Waals surface area (Å²) >= 11 is 0. The minimum Gasteiger partial charge on any atom is -0.349 e. The van der Waals surface area contributed by atoms with E-state index in [2.05, 4.69) is 25.9 Å². The zero-order chi connectivity index (χ0) is 19.8. The quantitative estimate of drug-likeness (QED) is 0.476. The topological polar surface area (TPSA) is 98.9 Å². The predicted molar refractivity (Wildman–Crippen MR) is 125 cm³/mol. The van der Waals surface area contributed by atoms with E-state index < -0.39 is 0 Å². The van der Waals surface area contributed by atoms with Crippen LogP contribution in [-0.4, -0.2) is 39.9 Å². The summed E-state index contributed by atoms with van der Waals surface area (Å²) in [6.45, 7) is 0. The van der Waals surface area contributed by atoms with Gasteiger partial charge in [-0.2, -0.15) is 0 Å². The fourth-order valence-electron chi connectivity index (χ4n) is 4.46. The lowest BCUT2D eigenvalue weighted by molar-refractivity contribution is 0.0923. The SMILES string of the molecule is Cl.Cl.O=C(Nc1cccc(C(=O)NC2CC3CCC(C2)N3)c1)c1ccc2nc[nH]c2c1. The number of H-pyrrole nitrogens is 1. The summed E-state index contributed by atoms with van der Waals surface area (Å²) in [7, 11) is 0. The first-order valence-corrected chi connectivity index (χ1v) is 10.1. The number of hydrogen-bond acceptors (Lipinski definition) is 4. The van der Waals surface area contributed by atoms with Crippen molar-refractivity contribution in [3.63, 3.8) is 0 Å². The Morgan fingerprint density at radius 2 is 1.68 bits per heavy atom. The van der Waals surface area contributed by atoms with Crippen LogP contribution in [0.1, 0.15) is 46.4 Å². The molecule has 2 saturated heterocycles. The molecule has 2 bridgehead atoms. The fourth-order valence-corrected chi connectivity index (χ4v) is 4.46. The standard InChI is InChI=1S/C22H23N5O2.2ClH/c28-21(27-18-10-16-5-6-17(11-18)25-16)13-2-1-3-15(8-13)26-22(29)14-4-7-19-20(9-14)24-12-23-19;;/h1-4,7-9,12,16-18,25H,5-6,10-11H2,(H,23,24)(H,26,29)(H,27,28);2*1H. The van der Waals surface area contributed by atoms with E-state index in [9.17, 15) is 9.59 Å². The average molecular weight is 462 g/mol. The van der Waals surface area contributed by atoms with Crippen LogP contribution in [-0.2, 0) is 0 Å². The van der Waals surface area contributed by atoms with E-state index in [1.165, 1.54) is 12.8 Å². The zero-order valence-electron chi connectivity index (χ0n) is 16.8. The second kappa shape index (κ2) is 9.68. The van der Waals surface area contributed by atoms with Crippen LogP contribution < -0.4 is 16.0 Å². The van der Waals surface area contributed by atoms with E-state index in [1.54, 1.807) is 48.8 Å². The van der Waals surface area contributed by atoms with Crippen molar-refractivity contribution in [3.05, 3.63) is 59.9 Å². The van der Waals surface area contributed by atoms with E-state index >= 15 is 0 Å². The van der Waals surface area contributed by atoms with Crippen LogP contribution in [0.15, 0.2) is 48.8 Å². The Morgan fingerprint density at radius 1 is 0.935 bits per heavy atom. The van der Waals surface area contributed by atoms with E-state index in [4.69, 9.17) is 0 Å². The number of carbonyl (C=O) groups is 2. The van der Waals surface area contributed by atoms with Crippen LogP contribution in [0.3, 0.4) is 0 Å². The van der Waals surface area contributed by atoms with Crippen molar-refractivity contribution in [1.29, 1.82) is 0 Å². The Bertz CT molecular complexity index is 1070. The van der Waals surface area contributed by atoms with Gasteiger partial charge in [-0.25, -0.2) is 4.98 Å². The number of nitrogens with zero attached hydrogens (tertiary/aromatic N) is 1. The number of piperidine rings is 1. The molecule has 31 heavy (non-hydrogen) atoms. The van der Waals surface area contributed by atoms with Crippen molar-refractivity contribution in [2.45, 2.75) is 43.8 Å². The molecule has 0 radical (unpaired) electrons. The largest absolute Gasteiger partial charge is 0.349 e. The lowest BCUT2D eigenvalue weighted by Crippen LogP contribution is -2.48. The number of carbonyl (C=O) groups excluding carboxylic acids is 2. The van der Waals surface area contributed by atoms with Crippen molar-refractivity contribution in [3.8, 4) is 0 Å². The normalized spacial score (nSPS) is 21.6. The highest BCUT2D eigenvalue weighted by atomic mass is 35.5. The van der Waals surface area contributed by atoms with Crippen LogP contribution >= 0.6 is 24.8 Å². The zero-order valence-corrected chi connectivity index (χ0v) is 18.4. The molecule has 2 unspecified atom stereocenters. The van der Waals surface area contributed by atoms with Crippen LogP contribution in [0.2, 0.25) is 0 Å². The number of aromatic amines is 1. The first-order valence-electron chi connectivity index (χ1n) is 10.1. The molecule has 3 aromatic rings. The third kappa shape index (κ3) is 5.01. The molecule has 0 aliphatic carbocycles. The molecule has 9 heteroatoms. The average Bonchev–Trinajstić information content (AvgIpc) is 3.33. The maximum Gasteiger partial charge on any atom is 0.255 e. The molecule has 164 valence electrons. The second-order valence-electron chi connectivity index (χ2n) is 7.95. The Hall–Kier alpha value is -2.61. The number of anilines is 1. The Balaban J connectivity index is 0.00000136. The van der Waals surface area contributed by atoms with Gasteiger partial charge in [-0.15, -0.1) is 24.8 Å². The van der Waals surface area contributed by atoms with Gasteiger partial charge in [-0.05, 0) is 62.1 Å². The summed E-state index contributed by atoms with van der Waals surface area (Å²) < 4.78 is 0. The number of fused-ring (bicyclic) bond motifs is 3. The molecular formula is C22H25Cl2N5O2. The third-order valence-electron chi connectivity index (χ3n) is 5.87. The van der Waals surface area contributed by atoms with Gasteiger partial charge in [0.1, 0.15) is 0 Å². The summed E-state index contributed by atoms with van der Waals surface area (Å²) in [5.74, 6) is -0.319. The number of nitrogens with one attached hydrogen (secondary N) is 4. The number of amides is 2. The van der Waals surface area contributed by atoms with Gasteiger partial charge in [0.25, 0.3) is 11.8 Å². The van der Waals surface area contributed by atoms with Gasteiger partial charge in [0.15, 0.2) is 0 Å². The molecule has 7 nitrogen and oxygen atoms in total. The molecule has 4 N–H and O–H groups in total. The number of aromatic nitrogens is 2. The smallest absolute Gasteiger partial charge is 0.255 e. The van der Waals surface area contributed by atoms with Crippen LogP contribution in [0.4, 0.5) is 5.69 Å².